The minimum atomic E-state index is -1.29. The summed E-state index contributed by atoms with van der Waals surface area (Å²) in [6, 6.07) is 0. The van der Waals surface area contributed by atoms with Gasteiger partial charge in [-0.25, -0.2) is 4.39 Å². The zero-order chi connectivity index (χ0) is 15.7. The fourth-order valence-corrected chi connectivity index (χ4v) is 7.01. The monoisotopic (exact) mass is 308 g/mol. The molecule has 4 fully saturated rings. The lowest BCUT2D eigenvalue weighted by Crippen LogP contribution is -2.57. The molecule has 0 radical (unpaired) electrons. The maximum absolute atomic E-state index is 14.1. The van der Waals surface area contributed by atoms with Gasteiger partial charge in [0.05, 0.1) is 6.10 Å². The van der Waals surface area contributed by atoms with Gasteiger partial charge in [0.25, 0.3) is 0 Å². The molecule has 8 atom stereocenters. The highest BCUT2D eigenvalue weighted by atomic mass is 19.1. The molecule has 22 heavy (non-hydrogen) atoms. The highest BCUT2D eigenvalue weighted by Crippen LogP contribution is 2.65. The number of ketones is 1. The first-order valence-corrected chi connectivity index (χ1v) is 9.24. The molecule has 0 aromatic rings. The third-order valence-electron chi connectivity index (χ3n) is 8.30. The van der Waals surface area contributed by atoms with Crippen molar-refractivity contribution in [1.29, 1.82) is 0 Å². The van der Waals surface area contributed by atoms with Gasteiger partial charge in [0.1, 0.15) is 0 Å². The smallest absolute Gasteiger partial charge is 0.173 e. The fraction of sp³-hybridized carbons (Fsp3) is 0.947. The van der Waals surface area contributed by atoms with E-state index in [-0.39, 0.29) is 23.7 Å². The van der Waals surface area contributed by atoms with Crippen LogP contribution in [-0.4, -0.2) is 23.2 Å². The molecule has 4 aliphatic carbocycles. The summed E-state index contributed by atoms with van der Waals surface area (Å²) >= 11 is 0. The first-order valence-electron chi connectivity index (χ1n) is 9.24. The van der Waals surface area contributed by atoms with Gasteiger partial charge in [-0.15, -0.1) is 0 Å². The molecule has 0 heterocycles. The van der Waals surface area contributed by atoms with E-state index in [2.05, 4.69) is 6.92 Å². The molecule has 0 aliphatic heterocycles. The highest BCUT2D eigenvalue weighted by molar-refractivity contribution is 5.91. The zero-order valence-electron chi connectivity index (χ0n) is 13.9. The number of aliphatic hydroxyl groups excluding tert-OH is 1. The summed E-state index contributed by atoms with van der Waals surface area (Å²) < 4.78 is 14.1. The summed E-state index contributed by atoms with van der Waals surface area (Å²) in [7, 11) is 0. The molecule has 4 rings (SSSR count). The van der Waals surface area contributed by atoms with E-state index in [0.29, 0.717) is 23.7 Å². The minimum absolute atomic E-state index is 0.0588. The van der Waals surface area contributed by atoms with Crippen LogP contribution in [0.25, 0.3) is 0 Å². The van der Waals surface area contributed by atoms with Gasteiger partial charge in [0.15, 0.2) is 12.0 Å². The summed E-state index contributed by atoms with van der Waals surface area (Å²) in [4.78, 5) is 12.3. The van der Waals surface area contributed by atoms with Crippen LogP contribution in [0.15, 0.2) is 0 Å². The van der Waals surface area contributed by atoms with Crippen molar-refractivity contribution in [3.8, 4) is 0 Å². The predicted molar refractivity (Wildman–Crippen MR) is 83.0 cm³/mol. The summed E-state index contributed by atoms with van der Waals surface area (Å²) in [6.07, 6.45) is 6.50. The molecule has 124 valence electrons. The van der Waals surface area contributed by atoms with E-state index in [1.807, 2.05) is 6.92 Å². The number of Topliss-reactive ketones (excluding diaryl/α,β-unsaturated/α-hetero) is 1. The second-order valence-corrected chi connectivity index (χ2v) is 9.07. The summed E-state index contributed by atoms with van der Waals surface area (Å²) in [5.74, 6) is 1.13. The molecule has 4 aliphatic rings. The number of hydrogen-bond donors (Lipinski definition) is 1. The molecule has 3 heteroatoms. The number of carbonyl (C=O) groups is 1. The van der Waals surface area contributed by atoms with Crippen molar-refractivity contribution in [2.45, 2.75) is 77.5 Å². The number of hydrogen-bond acceptors (Lipinski definition) is 2. The third kappa shape index (κ3) is 1.78. The number of fused-ring (bicyclic) bond motifs is 5. The van der Waals surface area contributed by atoms with E-state index in [1.54, 1.807) is 0 Å². The van der Waals surface area contributed by atoms with Crippen LogP contribution in [0.5, 0.6) is 0 Å². The largest absolute Gasteiger partial charge is 0.393 e. The van der Waals surface area contributed by atoms with Crippen molar-refractivity contribution in [3.63, 3.8) is 0 Å². The summed E-state index contributed by atoms with van der Waals surface area (Å²) in [5.41, 5.74) is -0.208. The molecule has 0 saturated heterocycles. The first-order chi connectivity index (χ1) is 10.4. The minimum Gasteiger partial charge on any atom is -0.393 e. The lowest BCUT2D eigenvalue weighted by atomic mass is 9.44. The maximum Gasteiger partial charge on any atom is 0.173 e. The molecule has 0 bridgehead atoms. The highest BCUT2D eigenvalue weighted by Gasteiger charge is 2.64. The molecule has 2 nitrogen and oxygen atoms in total. The number of carbonyl (C=O) groups excluding carboxylic acids is 1. The van der Waals surface area contributed by atoms with E-state index in [0.717, 1.165) is 19.3 Å². The Hall–Kier alpha value is -0.440. The molecule has 0 amide bonds. The molecule has 0 aromatic carbocycles. The zero-order valence-corrected chi connectivity index (χ0v) is 13.9. The Labute approximate surface area is 132 Å². The topological polar surface area (TPSA) is 37.3 Å². The Bertz CT molecular complexity index is 492. The Kier molecular flexibility index (Phi) is 3.28. The number of aliphatic hydroxyl groups is 1. The van der Waals surface area contributed by atoms with Crippen LogP contribution in [0, 0.1) is 34.5 Å². The normalized spacial score (nSPS) is 57.9. The van der Waals surface area contributed by atoms with Gasteiger partial charge in [0, 0.05) is 5.41 Å². The average molecular weight is 308 g/mol. The first kappa shape index (κ1) is 15.1. The van der Waals surface area contributed by atoms with Crippen LogP contribution in [0.1, 0.15) is 65.2 Å². The van der Waals surface area contributed by atoms with Crippen LogP contribution in [0.4, 0.5) is 4.39 Å². The SMILES string of the molecule is C[C@]12CCCC[C@@H]1C[C@@H](O)[C@@H]1[C@@H]2CC[C@]2(C)C(=O)[C@H](F)C[C@@H]12. The summed E-state index contributed by atoms with van der Waals surface area (Å²) in [5, 5.41) is 10.9. The van der Waals surface area contributed by atoms with Gasteiger partial charge in [-0.05, 0) is 67.6 Å². The maximum atomic E-state index is 14.1. The predicted octanol–water partition coefficient (Wildman–Crippen LogP) is 3.91. The van der Waals surface area contributed by atoms with Crippen molar-refractivity contribution in [2.75, 3.05) is 0 Å². The van der Waals surface area contributed by atoms with E-state index >= 15 is 0 Å². The molecule has 0 unspecified atom stereocenters. The van der Waals surface area contributed by atoms with Crippen molar-refractivity contribution in [2.24, 2.45) is 34.5 Å². The third-order valence-corrected chi connectivity index (χ3v) is 8.30. The van der Waals surface area contributed by atoms with E-state index in [1.165, 1.54) is 25.7 Å². The van der Waals surface area contributed by atoms with Gasteiger partial charge in [-0.2, -0.15) is 0 Å². The molecular formula is C19H29FO2. The average Bonchev–Trinajstić information content (AvgIpc) is 2.71. The van der Waals surface area contributed by atoms with Gasteiger partial charge >= 0.3 is 0 Å². The van der Waals surface area contributed by atoms with E-state index in [4.69, 9.17) is 0 Å². The number of rotatable bonds is 0. The van der Waals surface area contributed by atoms with Gasteiger partial charge in [-0.3, -0.25) is 4.79 Å². The lowest BCUT2D eigenvalue weighted by Gasteiger charge is -2.60. The summed E-state index contributed by atoms with van der Waals surface area (Å²) in [6.45, 7) is 4.39. The van der Waals surface area contributed by atoms with E-state index < -0.39 is 11.6 Å². The lowest BCUT2D eigenvalue weighted by molar-refractivity contribution is -0.163. The molecule has 0 aromatic heterocycles. The standard InChI is InChI=1S/C19H29FO2/c1-18-7-4-3-5-11(18)9-15(21)16-12(18)6-8-19(2)13(16)10-14(20)17(19)22/h11-16,21H,3-10H2,1-2H3/t11-,12+,13+,14-,15-,16-,18+,19+/m1/s1. The van der Waals surface area contributed by atoms with Gasteiger partial charge in [-0.1, -0.05) is 26.7 Å². The van der Waals surface area contributed by atoms with Crippen LogP contribution in [0.3, 0.4) is 0 Å². The van der Waals surface area contributed by atoms with Crippen LogP contribution in [0.2, 0.25) is 0 Å². The molecule has 1 N–H and O–H groups in total. The number of alkyl halides is 1. The van der Waals surface area contributed by atoms with Gasteiger partial charge in [0.2, 0.25) is 0 Å². The van der Waals surface area contributed by atoms with Crippen molar-refractivity contribution in [3.05, 3.63) is 0 Å². The van der Waals surface area contributed by atoms with E-state index in [9.17, 15) is 14.3 Å². The van der Waals surface area contributed by atoms with Gasteiger partial charge < -0.3 is 5.11 Å². The second-order valence-electron chi connectivity index (χ2n) is 9.07. The molecular weight excluding hydrogens is 279 g/mol. The Balaban J connectivity index is 1.71. The number of halogens is 1. The Morgan fingerprint density at radius 1 is 1.09 bits per heavy atom. The fourth-order valence-electron chi connectivity index (χ4n) is 7.01. The van der Waals surface area contributed by atoms with Crippen LogP contribution in [-0.2, 0) is 4.79 Å². The van der Waals surface area contributed by atoms with Crippen molar-refractivity contribution in [1.82, 2.24) is 0 Å². The second kappa shape index (κ2) is 4.78. The van der Waals surface area contributed by atoms with Crippen LogP contribution < -0.4 is 0 Å². The van der Waals surface area contributed by atoms with Crippen molar-refractivity contribution >= 4 is 5.78 Å². The van der Waals surface area contributed by atoms with Crippen molar-refractivity contribution < 1.29 is 14.3 Å². The van der Waals surface area contributed by atoms with Crippen LogP contribution >= 0.6 is 0 Å². The molecule has 4 saturated carbocycles. The Morgan fingerprint density at radius 2 is 1.86 bits per heavy atom. The Morgan fingerprint density at radius 3 is 2.64 bits per heavy atom. The molecule has 0 spiro atoms. The quantitative estimate of drug-likeness (QED) is 0.737.